The fourth-order valence-corrected chi connectivity index (χ4v) is 2.76. The zero-order valence-corrected chi connectivity index (χ0v) is 11.8. The van der Waals surface area contributed by atoms with E-state index < -0.39 is 5.97 Å². The summed E-state index contributed by atoms with van der Waals surface area (Å²) < 4.78 is 10.0. The van der Waals surface area contributed by atoms with E-state index in [9.17, 15) is 4.79 Å². The van der Waals surface area contributed by atoms with Crippen LogP contribution >= 0.6 is 0 Å². The number of hydrogen-bond acceptors (Lipinski definition) is 4. The van der Waals surface area contributed by atoms with Crippen LogP contribution in [0.4, 0.5) is 0 Å². The normalized spacial score (nSPS) is 23.3. The Morgan fingerprint density at radius 3 is 2.95 bits per heavy atom. The largest absolute Gasteiger partial charge is 0.463 e. The molecule has 1 aliphatic carbocycles. The van der Waals surface area contributed by atoms with E-state index in [-0.39, 0.29) is 5.76 Å². The molecule has 0 amide bonds. The number of carbonyl (C=O) groups excluding carboxylic acids is 1. The summed E-state index contributed by atoms with van der Waals surface area (Å²) in [6.45, 7) is 4.03. The van der Waals surface area contributed by atoms with Gasteiger partial charge in [0.1, 0.15) is 5.76 Å². The average Bonchev–Trinajstić information content (AvgIpc) is 2.89. The second-order valence-electron chi connectivity index (χ2n) is 5.41. The van der Waals surface area contributed by atoms with Crippen molar-refractivity contribution in [3.63, 3.8) is 0 Å². The minimum absolute atomic E-state index is 0.269. The molecule has 0 aromatic carbocycles. The summed E-state index contributed by atoms with van der Waals surface area (Å²) >= 11 is 0. The standard InChI is InChI=1S/C15H23NO3/c1-11-5-3-4-6-12(11)9-16-10-13-7-8-14(19-13)15(17)18-2/h7-8,11-12,16H,3-6,9-10H2,1-2H3. The average molecular weight is 265 g/mol. The van der Waals surface area contributed by atoms with Gasteiger partial charge in [-0.3, -0.25) is 0 Å². The van der Waals surface area contributed by atoms with Crippen molar-refractivity contribution in [2.45, 2.75) is 39.2 Å². The lowest BCUT2D eigenvalue weighted by Crippen LogP contribution is -2.28. The van der Waals surface area contributed by atoms with Crippen molar-refractivity contribution in [1.29, 1.82) is 0 Å². The van der Waals surface area contributed by atoms with Crippen molar-refractivity contribution in [3.8, 4) is 0 Å². The molecule has 19 heavy (non-hydrogen) atoms. The monoisotopic (exact) mass is 265 g/mol. The van der Waals surface area contributed by atoms with Gasteiger partial charge in [-0.15, -0.1) is 0 Å². The van der Waals surface area contributed by atoms with Gasteiger partial charge in [-0.1, -0.05) is 26.2 Å². The molecule has 2 atom stereocenters. The van der Waals surface area contributed by atoms with Crippen LogP contribution in [0.1, 0.15) is 48.9 Å². The third kappa shape index (κ3) is 3.83. The minimum Gasteiger partial charge on any atom is -0.463 e. The van der Waals surface area contributed by atoms with Crippen molar-refractivity contribution in [2.75, 3.05) is 13.7 Å². The summed E-state index contributed by atoms with van der Waals surface area (Å²) in [5.74, 6) is 2.20. The first-order chi connectivity index (χ1) is 9.20. The zero-order chi connectivity index (χ0) is 13.7. The van der Waals surface area contributed by atoms with Crippen LogP contribution in [0, 0.1) is 11.8 Å². The van der Waals surface area contributed by atoms with Crippen molar-refractivity contribution < 1.29 is 13.9 Å². The maximum Gasteiger partial charge on any atom is 0.373 e. The fraction of sp³-hybridized carbons (Fsp3) is 0.667. The van der Waals surface area contributed by atoms with Gasteiger partial charge < -0.3 is 14.5 Å². The minimum atomic E-state index is -0.424. The Labute approximate surface area is 114 Å². The lowest BCUT2D eigenvalue weighted by Gasteiger charge is -2.28. The van der Waals surface area contributed by atoms with Gasteiger partial charge in [0, 0.05) is 0 Å². The van der Waals surface area contributed by atoms with Crippen LogP contribution in [0.5, 0.6) is 0 Å². The molecule has 106 valence electrons. The third-order valence-electron chi connectivity index (χ3n) is 4.04. The van der Waals surface area contributed by atoms with Gasteiger partial charge in [-0.25, -0.2) is 4.79 Å². The number of esters is 1. The molecule has 1 aromatic rings. The number of rotatable bonds is 5. The highest BCUT2D eigenvalue weighted by atomic mass is 16.5. The van der Waals surface area contributed by atoms with Crippen molar-refractivity contribution >= 4 is 5.97 Å². The molecule has 1 N–H and O–H groups in total. The Morgan fingerprint density at radius 2 is 2.21 bits per heavy atom. The number of furan rings is 1. The molecule has 0 saturated heterocycles. The Bertz CT molecular complexity index is 413. The molecular weight excluding hydrogens is 242 g/mol. The van der Waals surface area contributed by atoms with Gasteiger partial charge in [0.2, 0.25) is 5.76 Å². The van der Waals surface area contributed by atoms with E-state index in [4.69, 9.17) is 4.42 Å². The van der Waals surface area contributed by atoms with E-state index in [0.717, 1.165) is 24.1 Å². The Hall–Kier alpha value is -1.29. The second kappa shape index (κ2) is 6.75. The predicted octanol–water partition coefficient (Wildman–Crippen LogP) is 2.98. The van der Waals surface area contributed by atoms with Crippen LogP contribution in [0.3, 0.4) is 0 Å². The summed E-state index contributed by atoms with van der Waals surface area (Å²) in [6, 6.07) is 3.48. The molecule has 1 heterocycles. The SMILES string of the molecule is COC(=O)c1ccc(CNCC2CCCCC2C)o1. The van der Waals surface area contributed by atoms with Crippen molar-refractivity contribution in [1.82, 2.24) is 5.32 Å². The first-order valence-corrected chi connectivity index (χ1v) is 7.08. The quantitative estimate of drug-likeness (QED) is 0.832. The lowest BCUT2D eigenvalue weighted by molar-refractivity contribution is 0.0563. The number of ether oxygens (including phenoxy) is 1. The number of carbonyl (C=O) groups is 1. The number of methoxy groups -OCH3 is 1. The van der Waals surface area contributed by atoms with Gasteiger partial charge in [0.15, 0.2) is 0 Å². The van der Waals surface area contributed by atoms with Crippen LogP contribution < -0.4 is 5.32 Å². The van der Waals surface area contributed by atoms with E-state index in [1.165, 1.54) is 32.8 Å². The van der Waals surface area contributed by atoms with Crippen molar-refractivity contribution in [3.05, 3.63) is 23.7 Å². The van der Waals surface area contributed by atoms with Gasteiger partial charge in [-0.05, 0) is 36.9 Å². The first kappa shape index (κ1) is 14.1. The molecule has 0 spiro atoms. The molecule has 2 rings (SSSR count). The van der Waals surface area contributed by atoms with E-state index in [1.54, 1.807) is 6.07 Å². The molecule has 1 saturated carbocycles. The van der Waals surface area contributed by atoms with E-state index >= 15 is 0 Å². The summed E-state index contributed by atoms with van der Waals surface area (Å²) in [4.78, 5) is 11.3. The number of nitrogens with one attached hydrogen (secondary N) is 1. The van der Waals surface area contributed by atoms with Crippen LogP contribution in [0.2, 0.25) is 0 Å². The highest BCUT2D eigenvalue weighted by Gasteiger charge is 2.20. The first-order valence-electron chi connectivity index (χ1n) is 7.08. The van der Waals surface area contributed by atoms with Crippen LogP contribution in [-0.2, 0) is 11.3 Å². The molecule has 2 unspecified atom stereocenters. The fourth-order valence-electron chi connectivity index (χ4n) is 2.76. The summed E-state index contributed by atoms with van der Waals surface area (Å²) in [5, 5.41) is 3.43. The topological polar surface area (TPSA) is 51.5 Å². The van der Waals surface area contributed by atoms with Gasteiger partial charge in [0.05, 0.1) is 13.7 Å². The molecule has 0 radical (unpaired) electrons. The van der Waals surface area contributed by atoms with E-state index in [1.807, 2.05) is 6.07 Å². The molecule has 4 heteroatoms. The maximum atomic E-state index is 11.3. The Morgan fingerprint density at radius 1 is 1.42 bits per heavy atom. The number of hydrogen-bond donors (Lipinski definition) is 1. The zero-order valence-electron chi connectivity index (χ0n) is 11.8. The summed E-state index contributed by atoms with van der Waals surface area (Å²) in [6.07, 6.45) is 5.39. The van der Waals surface area contributed by atoms with Gasteiger partial charge >= 0.3 is 5.97 Å². The van der Waals surface area contributed by atoms with Gasteiger partial charge in [0.25, 0.3) is 0 Å². The molecule has 0 bridgehead atoms. The van der Waals surface area contributed by atoms with Crippen LogP contribution in [0.15, 0.2) is 16.5 Å². The lowest BCUT2D eigenvalue weighted by atomic mass is 9.80. The van der Waals surface area contributed by atoms with E-state index in [0.29, 0.717) is 6.54 Å². The van der Waals surface area contributed by atoms with E-state index in [2.05, 4.69) is 17.0 Å². The smallest absolute Gasteiger partial charge is 0.373 e. The van der Waals surface area contributed by atoms with Gasteiger partial charge in [-0.2, -0.15) is 0 Å². The predicted molar refractivity (Wildman–Crippen MR) is 72.9 cm³/mol. The second-order valence-corrected chi connectivity index (χ2v) is 5.41. The molecule has 1 aliphatic rings. The summed E-state index contributed by atoms with van der Waals surface area (Å²) in [5.41, 5.74) is 0. The maximum absolute atomic E-state index is 11.3. The Balaban J connectivity index is 1.76. The molecule has 1 aromatic heterocycles. The molecule has 4 nitrogen and oxygen atoms in total. The van der Waals surface area contributed by atoms with Crippen LogP contribution in [0.25, 0.3) is 0 Å². The van der Waals surface area contributed by atoms with Crippen LogP contribution in [-0.4, -0.2) is 19.6 Å². The Kier molecular flexibility index (Phi) is 5.02. The molecule has 1 fully saturated rings. The highest BCUT2D eigenvalue weighted by Crippen LogP contribution is 2.28. The molecular formula is C15H23NO3. The third-order valence-corrected chi connectivity index (χ3v) is 4.04. The highest BCUT2D eigenvalue weighted by molar-refractivity contribution is 5.86. The summed E-state index contributed by atoms with van der Waals surface area (Å²) in [7, 11) is 1.35. The van der Waals surface area contributed by atoms with Crippen molar-refractivity contribution in [2.24, 2.45) is 11.8 Å². The molecule has 0 aliphatic heterocycles.